The molecule has 0 aliphatic rings. The lowest BCUT2D eigenvalue weighted by Crippen LogP contribution is -2.12. The second kappa shape index (κ2) is 4.70. The molecule has 0 aliphatic heterocycles. The summed E-state index contributed by atoms with van der Waals surface area (Å²) < 4.78 is 1.73. The molecule has 0 fully saturated rings. The zero-order chi connectivity index (χ0) is 10.5. The Kier molecular flexibility index (Phi) is 3.08. The van der Waals surface area contributed by atoms with Gasteiger partial charge in [0.05, 0.1) is 30.2 Å². The molecule has 0 saturated carbocycles. The van der Waals surface area contributed by atoms with Crippen LogP contribution in [-0.2, 0) is 6.54 Å². The lowest BCUT2D eigenvalue weighted by Gasteiger charge is -2.03. The van der Waals surface area contributed by atoms with Gasteiger partial charge in [-0.2, -0.15) is 0 Å². The van der Waals surface area contributed by atoms with Gasteiger partial charge in [0.15, 0.2) is 0 Å². The van der Waals surface area contributed by atoms with E-state index in [0.717, 1.165) is 0 Å². The van der Waals surface area contributed by atoms with Crippen molar-refractivity contribution >= 4 is 17.5 Å². The summed E-state index contributed by atoms with van der Waals surface area (Å²) >= 11 is 5.65. The summed E-state index contributed by atoms with van der Waals surface area (Å²) in [6.45, 7) is 1.40. The van der Waals surface area contributed by atoms with Gasteiger partial charge in [-0.15, -0.1) is 5.10 Å². The van der Waals surface area contributed by atoms with Crippen molar-refractivity contribution in [3.05, 3.63) is 29.8 Å². The predicted octanol–water partition coefficient (Wildman–Crippen LogP) is 0.834. The first-order valence-electron chi connectivity index (χ1n) is 4.40. The predicted molar refractivity (Wildman–Crippen MR) is 55.6 cm³/mol. The number of nitrogens with zero attached hydrogens (tertiary/aromatic N) is 5. The summed E-state index contributed by atoms with van der Waals surface area (Å²) in [4.78, 5) is 8.00. The molecule has 0 bridgehead atoms. The van der Waals surface area contributed by atoms with Crippen LogP contribution in [0.4, 0.5) is 5.95 Å². The largest absolute Gasteiger partial charge is 0.352 e. The molecule has 7 heteroatoms. The number of nitrogens with one attached hydrogen (secondary N) is 1. The molecule has 0 atom stereocenters. The minimum Gasteiger partial charge on any atom is -0.352 e. The van der Waals surface area contributed by atoms with Crippen LogP contribution in [0, 0.1) is 0 Å². The highest BCUT2D eigenvalue weighted by atomic mass is 35.5. The van der Waals surface area contributed by atoms with E-state index in [1.54, 1.807) is 29.5 Å². The minimum atomic E-state index is 0.525. The molecule has 0 spiro atoms. The molecule has 0 radical (unpaired) electrons. The van der Waals surface area contributed by atoms with E-state index in [1.165, 1.54) is 0 Å². The number of anilines is 1. The standard InChI is InChI=1S/C8H9ClN6/c9-7-5-11-8(12-6-7)10-1-3-15-4-2-13-14-15/h2,4-6H,1,3H2,(H,10,11,12). The van der Waals surface area contributed by atoms with Crippen LogP contribution in [-0.4, -0.2) is 31.5 Å². The Bertz CT molecular complexity index is 398. The zero-order valence-corrected chi connectivity index (χ0v) is 8.59. The molecule has 0 aliphatic carbocycles. The molecule has 1 N–H and O–H groups in total. The third kappa shape index (κ3) is 2.88. The normalized spacial score (nSPS) is 10.2. The molecule has 6 nitrogen and oxygen atoms in total. The van der Waals surface area contributed by atoms with Gasteiger partial charge in [0, 0.05) is 12.7 Å². The van der Waals surface area contributed by atoms with Gasteiger partial charge in [0.1, 0.15) is 0 Å². The van der Waals surface area contributed by atoms with Crippen LogP contribution in [0.3, 0.4) is 0 Å². The third-order valence-corrected chi connectivity index (χ3v) is 1.91. The fraction of sp³-hybridized carbons (Fsp3) is 0.250. The van der Waals surface area contributed by atoms with Crippen LogP contribution < -0.4 is 5.32 Å². The highest BCUT2D eigenvalue weighted by molar-refractivity contribution is 6.30. The van der Waals surface area contributed by atoms with Crippen LogP contribution >= 0.6 is 11.6 Å². The van der Waals surface area contributed by atoms with E-state index in [4.69, 9.17) is 11.6 Å². The van der Waals surface area contributed by atoms with Crippen LogP contribution in [0.15, 0.2) is 24.8 Å². The van der Waals surface area contributed by atoms with Gasteiger partial charge in [0.2, 0.25) is 5.95 Å². The summed E-state index contributed by atoms with van der Waals surface area (Å²) in [6.07, 6.45) is 6.53. The van der Waals surface area contributed by atoms with Gasteiger partial charge in [0.25, 0.3) is 0 Å². The van der Waals surface area contributed by atoms with Crippen LogP contribution in [0.2, 0.25) is 5.02 Å². The summed E-state index contributed by atoms with van der Waals surface area (Å²) in [5.74, 6) is 0.555. The molecule has 0 amide bonds. The summed E-state index contributed by atoms with van der Waals surface area (Å²) in [5.41, 5.74) is 0. The first-order valence-corrected chi connectivity index (χ1v) is 4.78. The molecule has 15 heavy (non-hydrogen) atoms. The van der Waals surface area contributed by atoms with Gasteiger partial charge in [-0.1, -0.05) is 16.8 Å². The maximum Gasteiger partial charge on any atom is 0.222 e. The fourth-order valence-electron chi connectivity index (χ4n) is 1.04. The molecule has 2 rings (SSSR count). The van der Waals surface area contributed by atoms with Crippen molar-refractivity contribution in [3.63, 3.8) is 0 Å². The monoisotopic (exact) mass is 224 g/mol. The number of rotatable bonds is 4. The Morgan fingerprint density at radius 2 is 2.13 bits per heavy atom. The Morgan fingerprint density at radius 3 is 2.80 bits per heavy atom. The van der Waals surface area contributed by atoms with E-state index in [2.05, 4.69) is 25.6 Å². The first-order chi connectivity index (χ1) is 7.34. The van der Waals surface area contributed by atoms with Crippen molar-refractivity contribution in [3.8, 4) is 0 Å². The topological polar surface area (TPSA) is 68.5 Å². The Labute approximate surface area is 91.3 Å². The maximum absolute atomic E-state index is 5.65. The Balaban J connectivity index is 1.81. The quantitative estimate of drug-likeness (QED) is 0.833. The first kappa shape index (κ1) is 9.85. The highest BCUT2D eigenvalue weighted by Gasteiger charge is 1.95. The van der Waals surface area contributed by atoms with E-state index in [1.807, 2.05) is 0 Å². The molecular weight excluding hydrogens is 216 g/mol. The second-order valence-corrected chi connectivity index (χ2v) is 3.25. The van der Waals surface area contributed by atoms with Crippen molar-refractivity contribution in [1.29, 1.82) is 0 Å². The molecule has 0 saturated heterocycles. The van der Waals surface area contributed by atoms with E-state index in [0.29, 0.717) is 24.1 Å². The third-order valence-electron chi connectivity index (χ3n) is 1.72. The second-order valence-electron chi connectivity index (χ2n) is 2.82. The van der Waals surface area contributed by atoms with Gasteiger partial charge >= 0.3 is 0 Å². The average molecular weight is 225 g/mol. The van der Waals surface area contributed by atoms with Crippen LogP contribution in [0.25, 0.3) is 0 Å². The van der Waals surface area contributed by atoms with Crippen molar-refractivity contribution in [2.24, 2.45) is 0 Å². The molecule has 2 heterocycles. The summed E-state index contributed by atoms with van der Waals surface area (Å²) in [7, 11) is 0. The van der Waals surface area contributed by atoms with Gasteiger partial charge in [-0.25, -0.2) is 9.97 Å². The fourth-order valence-corrected chi connectivity index (χ4v) is 1.14. The Hall–Kier alpha value is -1.69. The summed E-state index contributed by atoms with van der Waals surface area (Å²) in [5, 5.41) is 11.1. The van der Waals surface area contributed by atoms with Gasteiger partial charge < -0.3 is 5.32 Å². The molecular formula is C8H9ClN6. The van der Waals surface area contributed by atoms with Crippen molar-refractivity contribution < 1.29 is 0 Å². The summed E-state index contributed by atoms with van der Waals surface area (Å²) in [6, 6.07) is 0. The lowest BCUT2D eigenvalue weighted by molar-refractivity contribution is 0.607. The van der Waals surface area contributed by atoms with E-state index < -0.39 is 0 Å². The number of hydrogen-bond acceptors (Lipinski definition) is 5. The number of hydrogen-bond donors (Lipinski definition) is 1. The SMILES string of the molecule is Clc1cnc(NCCn2ccnn2)nc1. The highest BCUT2D eigenvalue weighted by Crippen LogP contribution is 2.04. The van der Waals surface area contributed by atoms with Crippen LogP contribution in [0.5, 0.6) is 0 Å². The van der Waals surface area contributed by atoms with E-state index in [-0.39, 0.29) is 0 Å². The minimum absolute atomic E-state index is 0.525. The van der Waals surface area contributed by atoms with E-state index >= 15 is 0 Å². The molecule has 2 aromatic rings. The zero-order valence-electron chi connectivity index (χ0n) is 7.84. The average Bonchev–Trinajstić information content (AvgIpc) is 2.74. The van der Waals surface area contributed by atoms with Crippen molar-refractivity contribution in [2.75, 3.05) is 11.9 Å². The molecule has 2 aromatic heterocycles. The molecule has 78 valence electrons. The Morgan fingerprint density at radius 1 is 1.33 bits per heavy atom. The van der Waals surface area contributed by atoms with Gasteiger partial charge in [-0.05, 0) is 0 Å². The maximum atomic E-state index is 5.65. The molecule has 0 unspecified atom stereocenters. The number of aromatic nitrogens is 5. The number of halogens is 1. The smallest absolute Gasteiger partial charge is 0.222 e. The van der Waals surface area contributed by atoms with Crippen molar-refractivity contribution in [2.45, 2.75) is 6.54 Å². The molecule has 0 aromatic carbocycles. The van der Waals surface area contributed by atoms with Crippen molar-refractivity contribution in [1.82, 2.24) is 25.0 Å². The van der Waals surface area contributed by atoms with Gasteiger partial charge in [-0.3, -0.25) is 4.68 Å². The van der Waals surface area contributed by atoms with Crippen LogP contribution in [0.1, 0.15) is 0 Å². The lowest BCUT2D eigenvalue weighted by atomic mass is 10.6. The van der Waals surface area contributed by atoms with E-state index in [9.17, 15) is 0 Å².